The van der Waals surface area contributed by atoms with E-state index in [0.29, 0.717) is 23.6 Å². The second-order valence-electron chi connectivity index (χ2n) is 4.93. The second kappa shape index (κ2) is 9.49. The molecule has 0 heterocycles. The molecule has 0 spiro atoms. The number of halogens is 1. The zero-order chi connectivity index (χ0) is 17.4. The van der Waals surface area contributed by atoms with E-state index in [0.717, 1.165) is 15.8 Å². The Morgan fingerprint density at radius 2 is 1.83 bits per heavy atom. The summed E-state index contributed by atoms with van der Waals surface area (Å²) in [4.78, 5) is 23.5. The number of thioether (sulfide) groups is 1. The summed E-state index contributed by atoms with van der Waals surface area (Å²) < 4.78 is 5.97. The van der Waals surface area contributed by atoms with Crippen LogP contribution in [-0.2, 0) is 15.3 Å². The summed E-state index contributed by atoms with van der Waals surface area (Å²) in [5.41, 5.74) is 2.29. The number of hydrogen-bond acceptors (Lipinski definition) is 4. The molecule has 2 aromatic rings. The normalized spacial score (nSPS) is 10.2. The first-order valence-electron chi connectivity index (χ1n) is 7.48. The molecule has 0 bridgehead atoms. The molecule has 6 heteroatoms. The van der Waals surface area contributed by atoms with Crippen LogP contribution in [0.5, 0.6) is 0 Å². The van der Waals surface area contributed by atoms with Crippen LogP contribution in [0.15, 0.2) is 53.0 Å². The number of hydrogen-bond donors (Lipinski definition) is 1. The van der Waals surface area contributed by atoms with Crippen LogP contribution < -0.4 is 5.32 Å². The smallest absolute Gasteiger partial charge is 0.338 e. The Morgan fingerprint density at radius 3 is 2.50 bits per heavy atom. The molecule has 0 aliphatic heterocycles. The van der Waals surface area contributed by atoms with Crippen molar-refractivity contribution >= 4 is 45.3 Å². The van der Waals surface area contributed by atoms with Gasteiger partial charge in [-0.05, 0) is 42.8 Å². The highest BCUT2D eigenvalue weighted by atomic mass is 79.9. The van der Waals surface area contributed by atoms with Crippen LogP contribution in [0.2, 0.25) is 0 Å². The lowest BCUT2D eigenvalue weighted by Gasteiger charge is -2.07. The van der Waals surface area contributed by atoms with Crippen LogP contribution in [0, 0.1) is 0 Å². The lowest BCUT2D eigenvalue weighted by molar-refractivity contribution is -0.113. The van der Waals surface area contributed by atoms with E-state index < -0.39 is 0 Å². The lowest BCUT2D eigenvalue weighted by Crippen LogP contribution is -2.14. The van der Waals surface area contributed by atoms with Gasteiger partial charge in [-0.3, -0.25) is 4.79 Å². The standard InChI is InChI=1S/C18H18BrNO3S/c1-2-23-18(22)13-7-9-15(10-8-13)20-17(21)12-24-11-14-5-3-4-6-16(14)19/h3-10H,2,11-12H2,1H3,(H,20,21). The van der Waals surface area contributed by atoms with Gasteiger partial charge in [-0.25, -0.2) is 4.79 Å². The largest absolute Gasteiger partial charge is 0.462 e. The molecule has 1 N–H and O–H groups in total. The maximum atomic E-state index is 12.0. The van der Waals surface area contributed by atoms with E-state index >= 15 is 0 Å². The maximum Gasteiger partial charge on any atom is 0.338 e. The van der Waals surface area contributed by atoms with Gasteiger partial charge in [0.25, 0.3) is 0 Å². The summed E-state index contributed by atoms with van der Waals surface area (Å²) in [7, 11) is 0. The van der Waals surface area contributed by atoms with Crippen molar-refractivity contribution in [3.05, 3.63) is 64.1 Å². The SMILES string of the molecule is CCOC(=O)c1ccc(NC(=O)CSCc2ccccc2Br)cc1. The first-order chi connectivity index (χ1) is 11.6. The molecule has 4 nitrogen and oxygen atoms in total. The predicted molar refractivity (Wildman–Crippen MR) is 101 cm³/mol. The van der Waals surface area contributed by atoms with Gasteiger partial charge in [0.1, 0.15) is 0 Å². The highest BCUT2D eigenvalue weighted by molar-refractivity contribution is 9.10. The van der Waals surface area contributed by atoms with Crippen molar-refractivity contribution < 1.29 is 14.3 Å². The summed E-state index contributed by atoms with van der Waals surface area (Å²) in [6.45, 7) is 2.10. The quantitative estimate of drug-likeness (QED) is 0.686. The van der Waals surface area contributed by atoms with Crippen LogP contribution in [0.3, 0.4) is 0 Å². The van der Waals surface area contributed by atoms with Gasteiger partial charge in [0, 0.05) is 15.9 Å². The van der Waals surface area contributed by atoms with E-state index in [1.165, 1.54) is 0 Å². The van der Waals surface area contributed by atoms with Crippen molar-refractivity contribution in [2.24, 2.45) is 0 Å². The number of amides is 1. The number of rotatable bonds is 7. The summed E-state index contributed by atoms with van der Waals surface area (Å²) >= 11 is 5.04. The third-order valence-electron chi connectivity index (χ3n) is 3.13. The molecule has 2 rings (SSSR count). The van der Waals surface area contributed by atoms with Crippen LogP contribution in [0.4, 0.5) is 5.69 Å². The third-order valence-corrected chi connectivity index (χ3v) is 4.88. The van der Waals surface area contributed by atoms with Crippen molar-refractivity contribution in [3.63, 3.8) is 0 Å². The number of nitrogens with one attached hydrogen (secondary N) is 1. The fourth-order valence-electron chi connectivity index (χ4n) is 1.97. The van der Waals surface area contributed by atoms with E-state index in [1.807, 2.05) is 24.3 Å². The number of benzene rings is 2. The van der Waals surface area contributed by atoms with Crippen LogP contribution in [0.1, 0.15) is 22.8 Å². The molecule has 2 aromatic carbocycles. The lowest BCUT2D eigenvalue weighted by atomic mass is 10.2. The Morgan fingerprint density at radius 1 is 1.12 bits per heavy atom. The minimum Gasteiger partial charge on any atom is -0.462 e. The molecule has 0 radical (unpaired) electrons. The molecule has 0 unspecified atom stereocenters. The van der Waals surface area contributed by atoms with Crippen LogP contribution >= 0.6 is 27.7 Å². The van der Waals surface area contributed by atoms with E-state index in [2.05, 4.69) is 21.2 Å². The van der Waals surface area contributed by atoms with Gasteiger partial charge in [0.2, 0.25) is 5.91 Å². The van der Waals surface area contributed by atoms with Crippen molar-refractivity contribution in [1.29, 1.82) is 0 Å². The summed E-state index contributed by atoms with van der Waals surface area (Å²) in [6.07, 6.45) is 0. The Hall–Kier alpha value is -1.79. The first-order valence-corrected chi connectivity index (χ1v) is 9.43. The molecular weight excluding hydrogens is 390 g/mol. The van der Waals surface area contributed by atoms with E-state index in [4.69, 9.17) is 4.74 Å². The van der Waals surface area contributed by atoms with Crippen LogP contribution in [-0.4, -0.2) is 24.2 Å². The van der Waals surface area contributed by atoms with Gasteiger partial charge in [-0.15, -0.1) is 11.8 Å². The Labute approximate surface area is 154 Å². The predicted octanol–water partition coefficient (Wildman–Crippen LogP) is 4.50. The molecule has 126 valence electrons. The molecule has 24 heavy (non-hydrogen) atoms. The average Bonchev–Trinajstić information content (AvgIpc) is 2.57. The molecule has 0 fully saturated rings. The maximum absolute atomic E-state index is 12.0. The number of carbonyl (C=O) groups is 2. The van der Waals surface area contributed by atoms with E-state index in [9.17, 15) is 9.59 Å². The van der Waals surface area contributed by atoms with Gasteiger partial charge in [0.05, 0.1) is 17.9 Å². The van der Waals surface area contributed by atoms with Gasteiger partial charge in [-0.2, -0.15) is 0 Å². The zero-order valence-electron chi connectivity index (χ0n) is 13.3. The molecule has 0 aromatic heterocycles. The zero-order valence-corrected chi connectivity index (χ0v) is 15.7. The molecule has 0 aliphatic carbocycles. The number of esters is 1. The first kappa shape index (κ1) is 18.5. The van der Waals surface area contributed by atoms with Crippen molar-refractivity contribution in [2.45, 2.75) is 12.7 Å². The Bertz CT molecular complexity index is 704. The highest BCUT2D eigenvalue weighted by Crippen LogP contribution is 2.21. The van der Waals surface area contributed by atoms with Gasteiger partial charge in [0.15, 0.2) is 0 Å². The van der Waals surface area contributed by atoms with Crippen molar-refractivity contribution in [2.75, 3.05) is 17.7 Å². The summed E-state index contributed by atoms with van der Waals surface area (Å²) in [6, 6.07) is 14.6. The van der Waals surface area contributed by atoms with Gasteiger partial charge in [-0.1, -0.05) is 34.1 Å². The fraction of sp³-hybridized carbons (Fsp3) is 0.222. The minimum absolute atomic E-state index is 0.0732. The van der Waals surface area contributed by atoms with Crippen LogP contribution in [0.25, 0.3) is 0 Å². The number of carbonyl (C=O) groups excluding carboxylic acids is 2. The number of anilines is 1. The highest BCUT2D eigenvalue weighted by Gasteiger charge is 2.08. The average molecular weight is 408 g/mol. The summed E-state index contributed by atoms with van der Waals surface area (Å²) in [5.74, 6) is 0.688. The topological polar surface area (TPSA) is 55.4 Å². The molecule has 0 saturated heterocycles. The van der Waals surface area contributed by atoms with Crippen molar-refractivity contribution in [1.82, 2.24) is 0 Å². The minimum atomic E-state index is -0.362. The number of ether oxygens (including phenoxy) is 1. The molecule has 0 saturated carbocycles. The third kappa shape index (κ3) is 5.69. The molecule has 0 aliphatic rings. The summed E-state index contributed by atoms with van der Waals surface area (Å²) in [5, 5.41) is 2.82. The molecule has 1 amide bonds. The van der Waals surface area contributed by atoms with E-state index in [-0.39, 0.29) is 11.9 Å². The second-order valence-corrected chi connectivity index (χ2v) is 6.77. The molecular formula is C18H18BrNO3S. The van der Waals surface area contributed by atoms with E-state index in [1.54, 1.807) is 43.0 Å². The monoisotopic (exact) mass is 407 g/mol. The molecule has 0 atom stereocenters. The fourth-order valence-corrected chi connectivity index (χ4v) is 3.41. The van der Waals surface area contributed by atoms with Crippen molar-refractivity contribution in [3.8, 4) is 0 Å². The Balaban J connectivity index is 1.80. The van der Waals surface area contributed by atoms with Gasteiger partial charge >= 0.3 is 5.97 Å². The Kier molecular flexibility index (Phi) is 7.34. The van der Waals surface area contributed by atoms with Gasteiger partial charge < -0.3 is 10.1 Å².